The molecule has 0 aromatic heterocycles. The van der Waals surface area contributed by atoms with Crippen molar-refractivity contribution < 1.29 is 19.4 Å². The molecule has 0 aliphatic heterocycles. The van der Waals surface area contributed by atoms with E-state index in [0.717, 1.165) is 4.47 Å². The number of methoxy groups -OCH3 is 1. The van der Waals surface area contributed by atoms with Crippen LogP contribution in [0.25, 0.3) is 0 Å². The van der Waals surface area contributed by atoms with Crippen LogP contribution in [0.2, 0.25) is 0 Å². The number of carbonyl (C=O) groups is 1. The first-order valence-electron chi connectivity index (χ1n) is 5.25. The average Bonchev–Trinajstić information content (AvgIpc) is 2.35. The van der Waals surface area contributed by atoms with Gasteiger partial charge in [-0.05, 0) is 34.5 Å². The summed E-state index contributed by atoms with van der Waals surface area (Å²) in [4.78, 5) is 11.4. The van der Waals surface area contributed by atoms with Crippen LogP contribution < -0.4 is 4.74 Å². The van der Waals surface area contributed by atoms with Crippen LogP contribution >= 0.6 is 15.9 Å². The van der Waals surface area contributed by atoms with E-state index >= 15 is 0 Å². The highest BCUT2D eigenvalue weighted by atomic mass is 79.9. The molecule has 1 rings (SSSR count). The molecule has 1 aromatic carbocycles. The van der Waals surface area contributed by atoms with Crippen LogP contribution in [0, 0.1) is 5.92 Å². The van der Waals surface area contributed by atoms with E-state index in [1.54, 1.807) is 6.07 Å². The van der Waals surface area contributed by atoms with Crippen LogP contribution in [0.15, 0.2) is 28.7 Å². The summed E-state index contributed by atoms with van der Waals surface area (Å²) in [6, 6.07) is 7.38. The van der Waals surface area contributed by atoms with E-state index in [9.17, 15) is 4.79 Å². The minimum Gasteiger partial charge on any atom is -0.492 e. The number of esters is 1. The van der Waals surface area contributed by atoms with Crippen molar-refractivity contribution in [3.8, 4) is 5.75 Å². The molecule has 0 bridgehead atoms. The summed E-state index contributed by atoms with van der Waals surface area (Å²) < 4.78 is 11.0. The van der Waals surface area contributed by atoms with Gasteiger partial charge in [-0.1, -0.05) is 12.1 Å². The predicted octanol–water partition coefficient (Wildman–Crippen LogP) is 2.00. The number of halogens is 1. The fourth-order valence-corrected chi connectivity index (χ4v) is 1.74. The van der Waals surface area contributed by atoms with Crippen molar-refractivity contribution in [3.63, 3.8) is 0 Å². The second-order valence-corrected chi connectivity index (χ2v) is 4.33. The number of benzene rings is 1. The quantitative estimate of drug-likeness (QED) is 0.817. The largest absolute Gasteiger partial charge is 0.492 e. The van der Waals surface area contributed by atoms with Gasteiger partial charge in [-0.2, -0.15) is 0 Å². The summed E-state index contributed by atoms with van der Waals surface area (Å²) in [5.74, 6) is -0.150. The summed E-state index contributed by atoms with van der Waals surface area (Å²) in [5, 5.41) is 8.86. The van der Waals surface area contributed by atoms with E-state index < -0.39 is 5.92 Å². The summed E-state index contributed by atoms with van der Waals surface area (Å²) >= 11 is 3.35. The smallest absolute Gasteiger partial charge is 0.312 e. The van der Waals surface area contributed by atoms with Gasteiger partial charge in [-0.25, -0.2) is 0 Å². The van der Waals surface area contributed by atoms with Gasteiger partial charge in [0.15, 0.2) is 0 Å². The maximum absolute atomic E-state index is 11.4. The zero-order valence-corrected chi connectivity index (χ0v) is 11.1. The molecule has 1 unspecified atom stereocenters. The Morgan fingerprint density at radius 3 is 2.76 bits per heavy atom. The van der Waals surface area contributed by atoms with Gasteiger partial charge in [0.05, 0.1) is 17.5 Å². The topological polar surface area (TPSA) is 55.8 Å². The molecule has 0 fully saturated rings. The van der Waals surface area contributed by atoms with Gasteiger partial charge in [-0.15, -0.1) is 0 Å². The number of hydrogen-bond donors (Lipinski definition) is 1. The molecule has 0 aliphatic rings. The number of ether oxygens (including phenoxy) is 2. The Bertz CT molecular complexity index is 367. The molecule has 0 heterocycles. The zero-order chi connectivity index (χ0) is 12.7. The number of aliphatic hydroxyl groups is 1. The lowest BCUT2D eigenvalue weighted by Gasteiger charge is -2.15. The van der Waals surface area contributed by atoms with Crippen LogP contribution in [0.4, 0.5) is 0 Å². The van der Waals surface area contributed by atoms with Crippen molar-refractivity contribution in [2.45, 2.75) is 6.42 Å². The molecule has 94 valence electrons. The van der Waals surface area contributed by atoms with Crippen molar-refractivity contribution >= 4 is 21.9 Å². The lowest BCUT2D eigenvalue weighted by atomic mass is 10.1. The Kier molecular flexibility index (Phi) is 6.00. The maximum atomic E-state index is 11.4. The third-order valence-electron chi connectivity index (χ3n) is 2.29. The molecule has 0 aliphatic carbocycles. The fraction of sp³-hybridized carbons (Fsp3) is 0.417. The monoisotopic (exact) mass is 302 g/mol. The highest BCUT2D eigenvalue weighted by molar-refractivity contribution is 9.10. The molecule has 0 radical (unpaired) electrons. The number of rotatable bonds is 6. The SMILES string of the molecule is COC(=O)C(CCO)COc1ccccc1Br. The molecule has 5 heteroatoms. The molecule has 1 aromatic rings. The molecule has 17 heavy (non-hydrogen) atoms. The summed E-state index contributed by atoms with van der Waals surface area (Å²) in [5.41, 5.74) is 0. The standard InChI is InChI=1S/C12H15BrO4/c1-16-12(15)9(6-7-14)8-17-11-5-3-2-4-10(11)13/h2-5,9,14H,6-8H2,1H3. The van der Waals surface area contributed by atoms with Crippen LogP contribution in [-0.4, -0.2) is 31.4 Å². The second kappa shape index (κ2) is 7.29. The Hall–Kier alpha value is -1.07. The van der Waals surface area contributed by atoms with Crippen molar-refractivity contribution in [2.24, 2.45) is 5.92 Å². The van der Waals surface area contributed by atoms with Gasteiger partial charge >= 0.3 is 5.97 Å². The molecule has 4 nitrogen and oxygen atoms in total. The van der Waals surface area contributed by atoms with E-state index in [2.05, 4.69) is 20.7 Å². The molecule has 0 spiro atoms. The van der Waals surface area contributed by atoms with Crippen molar-refractivity contribution in [1.29, 1.82) is 0 Å². The third-order valence-corrected chi connectivity index (χ3v) is 2.94. The first kappa shape index (κ1) is 14.0. The molecule has 0 saturated carbocycles. The van der Waals surface area contributed by atoms with E-state index in [1.165, 1.54) is 7.11 Å². The molecule has 0 amide bonds. The summed E-state index contributed by atoms with van der Waals surface area (Å²) in [6.45, 7) is 0.120. The summed E-state index contributed by atoms with van der Waals surface area (Å²) in [7, 11) is 1.32. The van der Waals surface area contributed by atoms with Crippen LogP contribution in [-0.2, 0) is 9.53 Å². The lowest BCUT2D eigenvalue weighted by Crippen LogP contribution is -2.24. The molecule has 1 N–H and O–H groups in total. The number of aliphatic hydroxyl groups excluding tert-OH is 1. The number of hydrogen-bond acceptors (Lipinski definition) is 4. The fourth-order valence-electron chi connectivity index (χ4n) is 1.34. The van der Waals surface area contributed by atoms with Gasteiger partial charge in [0.2, 0.25) is 0 Å². The van der Waals surface area contributed by atoms with Gasteiger partial charge in [0.1, 0.15) is 12.4 Å². The minimum atomic E-state index is -0.447. The molecular formula is C12H15BrO4. The number of para-hydroxylation sites is 1. The Balaban J connectivity index is 2.57. The summed E-state index contributed by atoms with van der Waals surface area (Å²) in [6.07, 6.45) is 0.330. The highest BCUT2D eigenvalue weighted by Gasteiger charge is 2.19. The third kappa shape index (κ3) is 4.36. The molecular weight excluding hydrogens is 288 g/mol. The van der Waals surface area contributed by atoms with Gasteiger partial charge in [-0.3, -0.25) is 4.79 Å². The van der Waals surface area contributed by atoms with E-state index in [0.29, 0.717) is 12.2 Å². The van der Waals surface area contributed by atoms with Gasteiger partial charge in [0.25, 0.3) is 0 Å². The first-order chi connectivity index (χ1) is 8.19. The van der Waals surface area contributed by atoms with Crippen molar-refractivity contribution in [2.75, 3.05) is 20.3 Å². The Morgan fingerprint density at radius 1 is 1.47 bits per heavy atom. The Morgan fingerprint density at radius 2 is 2.18 bits per heavy atom. The predicted molar refractivity (Wildman–Crippen MR) is 66.8 cm³/mol. The highest BCUT2D eigenvalue weighted by Crippen LogP contribution is 2.24. The second-order valence-electron chi connectivity index (χ2n) is 3.47. The Labute approximate surface area is 109 Å². The molecule has 1 atom stereocenters. The minimum absolute atomic E-state index is 0.0704. The number of carbonyl (C=O) groups excluding carboxylic acids is 1. The van der Waals surface area contributed by atoms with Crippen molar-refractivity contribution in [3.05, 3.63) is 28.7 Å². The van der Waals surface area contributed by atoms with Crippen LogP contribution in [0.1, 0.15) is 6.42 Å². The van der Waals surface area contributed by atoms with E-state index in [4.69, 9.17) is 9.84 Å². The van der Waals surface area contributed by atoms with Crippen LogP contribution in [0.3, 0.4) is 0 Å². The normalized spacial score (nSPS) is 11.9. The lowest BCUT2D eigenvalue weighted by molar-refractivity contribution is -0.147. The van der Waals surface area contributed by atoms with Crippen molar-refractivity contribution in [1.82, 2.24) is 0 Å². The first-order valence-corrected chi connectivity index (χ1v) is 6.04. The average molecular weight is 303 g/mol. The van der Waals surface area contributed by atoms with E-state index in [1.807, 2.05) is 18.2 Å². The molecule has 0 saturated heterocycles. The zero-order valence-electron chi connectivity index (χ0n) is 9.56. The van der Waals surface area contributed by atoms with Gasteiger partial charge in [0, 0.05) is 6.61 Å². The van der Waals surface area contributed by atoms with Crippen LogP contribution in [0.5, 0.6) is 5.75 Å². The maximum Gasteiger partial charge on any atom is 0.312 e. The van der Waals surface area contributed by atoms with E-state index in [-0.39, 0.29) is 19.2 Å². The van der Waals surface area contributed by atoms with Gasteiger partial charge < -0.3 is 14.6 Å².